The lowest BCUT2D eigenvalue weighted by molar-refractivity contribution is 0.669. The largest absolute Gasteiger partial charge is 0.455 e. The van der Waals surface area contributed by atoms with E-state index in [9.17, 15) is 0 Å². The van der Waals surface area contributed by atoms with Gasteiger partial charge in [0.15, 0.2) is 5.84 Å². The van der Waals surface area contributed by atoms with Crippen molar-refractivity contribution in [2.75, 3.05) is 0 Å². The van der Waals surface area contributed by atoms with Gasteiger partial charge in [0.2, 0.25) is 0 Å². The van der Waals surface area contributed by atoms with Crippen LogP contribution in [0.2, 0.25) is 0 Å². The number of rotatable bonds is 7. The van der Waals surface area contributed by atoms with E-state index in [4.69, 9.17) is 14.4 Å². The Morgan fingerprint density at radius 2 is 1.04 bits per heavy atom. The highest BCUT2D eigenvalue weighted by molar-refractivity contribution is 6.26. The van der Waals surface area contributed by atoms with Gasteiger partial charge >= 0.3 is 0 Å². The summed E-state index contributed by atoms with van der Waals surface area (Å²) in [7, 11) is 0. The average Bonchev–Trinajstić information content (AvgIpc) is 3.68. The lowest BCUT2D eigenvalue weighted by atomic mass is 9.91. The predicted octanol–water partition coefficient (Wildman–Crippen LogP) is 14.6. The first-order chi connectivity index (χ1) is 28.1. The molecule has 0 aliphatic rings. The quantitative estimate of drug-likeness (QED) is 0.0696. The van der Waals surface area contributed by atoms with E-state index in [0.717, 1.165) is 66.6 Å². The van der Waals surface area contributed by atoms with Crippen LogP contribution in [0.1, 0.15) is 29.7 Å². The first kappa shape index (κ1) is 34.2. The third-order valence-electron chi connectivity index (χ3n) is 11.1. The topological polar surface area (TPSA) is 37.9 Å². The summed E-state index contributed by atoms with van der Waals surface area (Å²) in [5.41, 5.74) is 9.77. The maximum Gasteiger partial charge on any atom is 0.159 e. The molecule has 0 saturated heterocycles. The first-order valence-electron chi connectivity index (χ1n) is 19.4. The van der Waals surface area contributed by atoms with Crippen molar-refractivity contribution in [1.82, 2.24) is 0 Å². The fourth-order valence-corrected chi connectivity index (χ4v) is 8.29. The molecule has 1 aromatic heterocycles. The highest BCUT2D eigenvalue weighted by atomic mass is 16.3. The van der Waals surface area contributed by atoms with Gasteiger partial charge in [-0.2, -0.15) is 0 Å². The summed E-state index contributed by atoms with van der Waals surface area (Å²) < 4.78 is 6.85. The van der Waals surface area contributed by atoms with Crippen LogP contribution in [0.3, 0.4) is 0 Å². The van der Waals surface area contributed by atoms with E-state index >= 15 is 0 Å². The molecule has 1 unspecified atom stereocenters. The molecule has 3 heteroatoms. The smallest absolute Gasteiger partial charge is 0.159 e. The Morgan fingerprint density at radius 1 is 0.491 bits per heavy atom. The Hall–Kier alpha value is -7.36. The molecule has 10 aromatic rings. The third kappa shape index (κ3) is 6.11. The number of aliphatic imine (C=N–C) groups is 2. The number of para-hydroxylation sites is 2. The zero-order chi connectivity index (χ0) is 38.3. The minimum Gasteiger partial charge on any atom is -0.455 e. The summed E-state index contributed by atoms with van der Waals surface area (Å²) in [6.45, 7) is 6.33. The van der Waals surface area contributed by atoms with Gasteiger partial charge in [0.1, 0.15) is 11.2 Å². The molecule has 270 valence electrons. The van der Waals surface area contributed by atoms with Crippen LogP contribution < -0.4 is 0 Å². The summed E-state index contributed by atoms with van der Waals surface area (Å²) in [6, 6.07) is 65.8. The van der Waals surface area contributed by atoms with Crippen LogP contribution in [0.4, 0.5) is 0 Å². The van der Waals surface area contributed by atoms with Gasteiger partial charge in [-0.15, -0.1) is 6.58 Å². The minimum atomic E-state index is -0.378. The van der Waals surface area contributed by atoms with Crippen LogP contribution >= 0.6 is 0 Å². The Labute approximate surface area is 331 Å². The van der Waals surface area contributed by atoms with Crippen molar-refractivity contribution in [1.29, 1.82) is 0 Å². The van der Waals surface area contributed by atoms with Gasteiger partial charge in [0.05, 0.1) is 11.6 Å². The minimum absolute atomic E-state index is 0.378. The molecule has 1 atom stereocenters. The standard InChI is InChI=1S/C54H38N2O/c1-3-51(40-22-14-21-38(33-40)39-31-32-46-44-25-11-10-23-42(44)43-24-12-13-26-45(43)50(46)34-39)56-54(55-35(2)36-17-6-4-7-18-36)49-30-16-29-48-47-28-15-27-41(52(47)57-53(48)49)37-19-8-5-9-20-37/h3-34,51H,1H2,2H3. The van der Waals surface area contributed by atoms with Crippen LogP contribution in [0, 0.1) is 0 Å². The van der Waals surface area contributed by atoms with Crippen LogP contribution in [-0.4, -0.2) is 11.5 Å². The zero-order valence-corrected chi connectivity index (χ0v) is 31.6. The molecule has 0 aliphatic carbocycles. The van der Waals surface area contributed by atoms with Gasteiger partial charge in [-0.1, -0.05) is 176 Å². The van der Waals surface area contributed by atoms with E-state index in [0.29, 0.717) is 5.84 Å². The summed E-state index contributed by atoms with van der Waals surface area (Å²) in [4.78, 5) is 10.7. The second-order valence-corrected chi connectivity index (χ2v) is 14.5. The van der Waals surface area contributed by atoms with Crippen molar-refractivity contribution in [3.05, 3.63) is 217 Å². The molecule has 0 spiro atoms. The van der Waals surface area contributed by atoms with Gasteiger partial charge in [0, 0.05) is 22.0 Å². The lowest BCUT2D eigenvalue weighted by Gasteiger charge is -2.14. The summed E-state index contributed by atoms with van der Waals surface area (Å²) in [5, 5.41) is 9.64. The number of hydrogen-bond donors (Lipinski definition) is 0. The second kappa shape index (κ2) is 14.4. The normalized spacial score (nSPS) is 12.9. The molecule has 0 aliphatic heterocycles. The van der Waals surface area contributed by atoms with E-state index in [2.05, 4.69) is 170 Å². The summed E-state index contributed by atoms with van der Waals surface area (Å²) >= 11 is 0. The number of hydrogen-bond acceptors (Lipinski definition) is 2. The van der Waals surface area contributed by atoms with E-state index < -0.39 is 0 Å². The van der Waals surface area contributed by atoms with Crippen molar-refractivity contribution in [2.24, 2.45) is 9.98 Å². The molecule has 0 saturated carbocycles. The number of furan rings is 1. The van der Waals surface area contributed by atoms with Crippen LogP contribution in [0.25, 0.3) is 76.5 Å². The lowest BCUT2D eigenvalue weighted by Crippen LogP contribution is -2.06. The van der Waals surface area contributed by atoms with Crippen LogP contribution in [0.15, 0.2) is 215 Å². The number of nitrogens with zero attached hydrogens (tertiary/aromatic N) is 2. The summed E-state index contributed by atoms with van der Waals surface area (Å²) in [6.07, 6.45) is 1.90. The number of fused-ring (bicyclic) bond motifs is 9. The van der Waals surface area contributed by atoms with Gasteiger partial charge in [-0.3, -0.25) is 4.99 Å². The molecule has 0 amide bonds. The first-order valence-corrected chi connectivity index (χ1v) is 19.4. The van der Waals surface area contributed by atoms with E-state index in [1.165, 1.54) is 32.3 Å². The van der Waals surface area contributed by atoms with Crippen molar-refractivity contribution in [3.8, 4) is 22.3 Å². The third-order valence-corrected chi connectivity index (χ3v) is 11.1. The zero-order valence-electron chi connectivity index (χ0n) is 31.6. The van der Waals surface area contributed by atoms with Crippen LogP contribution in [0.5, 0.6) is 0 Å². The highest BCUT2D eigenvalue weighted by Gasteiger charge is 2.19. The van der Waals surface area contributed by atoms with Crippen molar-refractivity contribution >= 4 is 65.8 Å². The maximum atomic E-state index is 6.85. The molecule has 1 heterocycles. The van der Waals surface area contributed by atoms with Crippen LogP contribution in [-0.2, 0) is 0 Å². The predicted molar refractivity (Wildman–Crippen MR) is 242 cm³/mol. The average molecular weight is 731 g/mol. The number of amidine groups is 1. The molecule has 3 nitrogen and oxygen atoms in total. The monoisotopic (exact) mass is 730 g/mol. The van der Waals surface area contributed by atoms with Gasteiger partial charge in [-0.05, 0) is 85.3 Å². The van der Waals surface area contributed by atoms with Crippen molar-refractivity contribution < 1.29 is 4.42 Å². The van der Waals surface area contributed by atoms with Gasteiger partial charge in [0.25, 0.3) is 0 Å². The molecule has 10 rings (SSSR count). The summed E-state index contributed by atoms with van der Waals surface area (Å²) in [5.74, 6) is 0.585. The Kier molecular flexibility index (Phi) is 8.61. The highest BCUT2D eigenvalue weighted by Crippen LogP contribution is 2.39. The molecule has 0 radical (unpaired) electrons. The molecule has 57 heavy (non-hydrogen) atoms. The fraction of sp³-hybridized carbons (Fsp3) is 0.0370. The van der Waals surface area contributed by atoms with E-state index in [-0.39, 0.29) is 6.04 Å². The Balaban J connectivity index is 1.12. The molecule has 0 fully saturated rings. The molecule has 0 bridgehead atoms. The maximum absolute atomic E-state index is 6.85. The molecule has 9 aromatic carbocycles. The number of benzene rings is 9. The van der Waals surface area contributed by atoms with E-state index in [1.54, 1.807) is 0 Å². The van der Waals surface area contributed by atoms with Crippen molar-refractivity contribution in [3.63, 3.8) is 0 Å². The molecular formula is C54H38N2O. The van der Waals surface area contributed by atoms with E-state index in [1.807, 2.05) is 37.3 Å². The second-order valence-electron chi connectivity index (χ2n) is 14.5. The SMILES string of the molecule is C=CC(N=C(N=C(C)c1ccccc1)c1cccc2c1oc1c(-c3ccccc3)cccc12)c1cccc(-c2ccc3c4ccccc4c4ccccc4c3c2)c1. The fourth-order valence-electron chi connectivity index (χ4n) is 8.29. The van der Waals surface area contributed by atoms with Gasteiger partial charge < -0.3 is 4.42 Å². The molecular weight excluding hydrogens is 693 g/mol. The Bertz CT molecular complexity index is 3170. The molecule has 0 N–H and O–H groups in total. The van der Waals surface area contributed by atoms with Gasteiger partial charge in [-0.25, -0.2) is 4.99 Å². The Morgan fingerprint density at radius 3 is 1.74 bits per heavy atom. The van der Waals surface area contributed by atoms with Crippen molar-refractivity contribution in [2.45, 2.75) is 13.0 Å².